The minimum Gasteiger partial charge on any atom is -0.312 e. The van der Waals surface area contributed by atoms with Gasteiger partial charge in [0.25, 0.3) is 0 Å². The van der Waals surface area contributed by atoms with Crippen LogP contribution < -0.4 is 5.32 Å². The lowest BCUT2D eigenvalue weighted by atomic mass is 10.2. The first-order chi connectivity index (χ1) is 7.29. The van der Waals surface area contributed by atoms with E-state index < -0.39 is 0 Å². The molecular formula is C12H24N2S. The van der Waals surface area contributed by atoms with Crippen LogP contribution in [-0.2, 0) is 0 Å². The molecule has 2 unspecified atom stereocenters. The summed E-state index contributed by atoms with van der Waals surface area (Å²) < 4.78 is 0. The summed E-state index contributed by atoms with van der Waals surface area (Å²) in [6.45, 7) is 7.42. The van der Waals surface area contributed by atoms with Gasteiger partial charge in [-0.15, -0.1) is 0 Å². The Morgan fingerprint density at radius 2 is 2.27 bits per heavy atom. The predicted octanol–water partition coefficient (Wildman–Crippen LogP) is 1.81. The van der Waals surface area contributed by atoms with Crippen LogP contribution in [0.5, 0.6) is 0 Å². The third-order valence-corrected chi connectivity index (χ3v) is 4.58. The van der Waals surface area contributed by atoms with Crippen LogP contribution >= 0.6 is 11.8 Å². The Labute approximate surface area is 98.2 Å². The van der Waals surface area contributed by atoms with Gasteiger partial charge in [0.2, 0.25) is 0 Å². The average Bonchev–Trinajstić information content (AvgIpc) is 3.03. The lowest BCUT2D eigenvalue weighted by molar-refractivity contribution is 0.262. The first-order valence-electron chi connectivity index (χ1n) is 6.28. The van der Waals surface area contributed by atoms with Crippen molar-refractivity contribution in [1.29, 1.82) is 0 Å². The molecule has 2 fully saturated rings. The van der Waals surface area contributed by atoms with Gasteiger partial charge in [0.05, 0.1) is 0 Å². The first kappa shape index (κ1) is 11.7. The number of thioether (sulfide) groups is 1. The van der Waals surface area contributed by atoms with Crippen molar-refractivity contribution in [1.82, 2.24) is 10.2 Å². The van der Waals surface area contributed by atoms with Gasteiger partial charge in [-0.05, 0) is 44.5 Å². The molecule has 88 valence electrons. The van der Waals surface area contributed by atoms with E-state index >= 15 is 0 Å². The minimum atomic E-state index is 0.781. The van der Waals surface area contributed by atoms with E-state index in [-0.39, 0.29) is 0 Å². The van der Waals surface area contributed by atoms with Gasteiger partial charge in [-0.2, -0.15) is 11.8 Å². The Morgan fingerprint density at radius 3 is 2.93 bits per heavy atom. The van der Waals surface area contributed by atoms with E-state index in [1.54, 1.807) is 0 Å². The molecule has 0 bridgehead atoms. The van der Waals surface area contributed by atoms with Crippen LogP contribution in [0.4, 0.5) is 0 Å². The smallest absolute Gasteiger partial charge is 0.0223 e. The van der Waals surface area contributed by atoms with Crippen molar-refractivity contribution in [3.8, 4) is 0 Å². The van der Waals surface area contributed by atoms with E-state index in [9.17, 15) is 0 Å². The van der Waals surface area contributed by atoms with Crippen LogP contribution in [0.3, 0.4) is 0 Å². The van der Waals surface area contributed by atoms with Gasteiger partial charge >= 0.3 is 0 Å². The van der Waals surface area contributed by atoms with E-state index in [0.717, 1.165) is 17.2 Å². The SMILES string of the molecule is CSC(C)CN1CCCNC(C2CC2)C1. The van der Waals surface area contributed by atoms with Gasteiger partial charge in [0, 0.05) is 24.4 Å². The molecule has 3 heteroatoms. The average molecular weight is 228 g/mol. The Kier molecular flexibility index (Phi) is 4.35. The zero-order chi connectivity index (χ0) is 10.7. The highest BCUT2D eigenvalue weighted by Crippen LogP contribution is 2.33. The largest absolute Gasteiger partial charge is 0.312 e. The molecule has 1 aliphatic carbocycles. The highest BCUT2D eigenvalue weighted by molar-refractivity contribution is 7.99. The quantitative estimate of drug-likeness (QED) is 0.790. The van der Waals surface area contributed by atoms with E-state index in [0.29, 0.717) is 0 Å². The van der Waals surface area contributed by atoms with Crippen LogP contribution in [-0.4, -0.2) is 48.6 Å². The Balaban J connectivity index is 1.81. The molecule has 1 saturated carbocycles. The molecule has 0 aromatic carbocycles. The van der Waals surface area contributed by atoms with E-state index in [2.05, 4.69) is 23.4 Å². The van der Waals surface area contributed by atoms with Crippen LogP contribution in [0.25, 0.3) is 0 Å². The Hall–Kier alpha value is 0.270. The lowest BCUT2D eigenvalue weighted by Crippen LogP contribution is -2.41. The van der Waals surface area contributed by atoms with Crippen LogP contribution in [0, 0.1) is 5.92 Å². The zero-order valence-electron chi connectivity index (χ0n) is 10.0. The standard InChI is InChI=1S/C12H24N2S/c1-10(15-2)8-14-7-3-6-13-12(9-14)11-4-5-11/h10-13H,3-9H2,1-2H3. The summed E-state index contributed by atoms with van der Waals surface area (Å²) in [6.07, 6.45) is 6.47. The van der Waals surface area contributed by atoms with Crippen LogP contribution in [0.2, 0.25) is 0 Å². The third kappa shape index (κ3) is 3.65. The molecule has 0 aromatic heterocycles. The predicted molar refractivity (Wildman–Crippen MR) is 68.5 cm³/mol. The molecule has 0 amide bonds. The third-order valence-electron chi connectivity index (χ3n) is 3.62. The normalized spacial score (nSPS) is 31.2. The number of hydrogen-bond donors (Lipinski definition) is 1. The molecule has 15 heavy (non-hydrogen) atoms. The second-order valence-electron chi connectivity index (χ2n) is 5.06. The number of rotatable bonds is 4. The van der Waals surface area contributed by atoms with Crippen LogP contribution in [0.15, 0.2) is 0 Å². The summed E-state index contributed by atoms with van der Waals surface area (Å²) in [7, 11) is 0. The molecule has 2 aliphatic rings. The van der Waals surface area contributed by atoms with Crippen molar-refractivity contribution in [2.75, 3.05) is 32.4 Å². The van der Waals surface area contributed by atoms with Crippen molar-refractivity contribution in [3.05, 3.63) is 0 Å². The molecule has 2 atom stereocenters. The summed E-state index contributed by atoms with van der Waals surface area (Å²) in [5, 5.41) is 4.50. The Bertz CT molecular complexity index is 194. The fourth-order valence-electron chi connectivity index (χ4n) is 2.44. The van der Waals surface area contributed by atoms with E-state index in [1.165, 1.54) is 45.4 Å². The van der Waals surface area contributed by atoms with Gasteiger partial charge in [0.1, 0.15) is 0 Å². The number of nitrogens with one attached hydrogen (secondary N) is 1. The van der Waals surface area contributed by atoms with Crippen molar-refractivity contribution >= 4 is 11.8 Å². The number of nitrogens with zero attached hydrogens (tertiary/aromatic N) is 1. The fourth-order valence-corrected chi connectivity index (χ4v) is 2.80. The lowest BCUT2D eigenvalue weighted by Gasteiger charge is -2.26. The molecule has 0 spiro atoms. The van der Waals surface area contributed by atoms with Gasteiger partial charge in [-0.1, -0.05) is 6.92 Å². The summed E-state index contributed by atoms with van der Waals surface area (Å²) in [5.74, 6) is 0.996. The highest BCUT2D eigenvalue weighted by atomic mass is 32.2. The van der Waals surface area contributed by atoms with Crippen molar-refractivity contribution in [2.45, 2.75) is 37.5 Å². The summed E-state index contributed by atoms with van der Waals surface area (Å²) >= 11 is 1.99. The summed E-state index contributed by atoms with van der Waals surface area (Å²) in [5.41, 5.74) is 0. The van der Waals surface area contributed by atoms with E-state index in [1.807, 2.05) is 11.8 Å². The van der Waals surface area contributed by atoms with Gasteiger partial charge in [0.15, 0.2) is 0 Å². The van der Waals surface area contributed by atoms with Crippen molar-refractivity contribution < 1.29 is 0 Å². The van der Waals surface area contributed by atoms with Gasteiger partial charge in [-0.25, -0.2) is 0 Å². The zero-order valence-corrected chi connectivity index (χ0v) is 10.9. The van der Waals surface area contributed by atoms with E-state index in [4.69, 9.17) is 0 Å². The molecule has 2 nitrogen and oxygen atoms in total. The molecule has 0 radical (unpaired) electrons. The topological polar surface area (TPSA) is 15.3 Å². The summed E-state index contributed by atoms with van der Waals surface area (Å²) in [6, 6.07) is 0.793. The maximum Gasteiger partial charge on any atom is 0.0223 e. The monoisotopic (exact) mass is 228 g/mol. The first-order valence-corrected chi connectivity index (χ1v) is 7.57. The molecule has 1 saturated heterocycles. The minimum absolute atomic E-state index is 0.781. The second-order valence-corrected chi connectivity index (χ2v) is 6.33. The second kappa shape index (κ2) is 5.55. The molecule has 1 aliphatic heterocycles. The maximum absolute atomic E-state index is 3.72. The highest BCUT2D eigenvalue weighted by Gasteiger charge is 2.33. The molecule has 1 N–H and O–H groups in total. The summed E-state index contributed by atoms with van der Waals surface area (Å²) in [4.78, 5) is 2.67. The maximum atomic E-state index is 3.72. The molecule has 0 aromatic rings. The molecule has 1 heterocycles. The fraction of sp³-hybridized carbons (Fsp3) is 1.00. The molecule has 2 rings (SSSR count). The van der Waals surface area contributed by atoms with Gasteiger partial charge < -0.3 is 10.2 Å². The van der Waals surface area contributed by atoms with Crippen molar-refractivity contribution in [3.63, 3.8) is 0 Å². The van der Waals surface area contributed by atoms with Crippen LogP contribution in [0.1, 0.15) is 26.2 Å². The van der Waals surface area contributed by atoms with Gasteiger partial charge in [-0.3, -0.25) is 0 Å². The number of hydrogen-bond acceptors (Lipinski definition) is 3. The molecular weight excluding hydrogens is 204 g/mol. The Morgan fingerprint density at radius 1 is 1.47 bits per heavy atom. The van der Waals surface area contributed by atoms with Crippen molar-refractivity contribution in [2.24, 2.45) is 5.92 Å².